The predicted octanol–water partition coefficient (Wildman–Crippen LogP) is 2.12. The molecule has 1 aromatic rings. The van der Waals surface area contributed by atoms with Crippen molar-refractivity contribution in [3.63, 3.8) is 0 Å². The molecular formula is C16H19NO4. The second kappa shape index (κ2) is 8.58. The first-order valence-corrected chi connectivity index (χ1v) is 6.44. The van der Waals surface area contributed by atoms with E-state index in [0.29, 0.717) is 0 Å². The first-order valence-electron chi connectivity index (χ1n) is 6.44. The van der Waals surface area contributed by atoms with Crippen molar-refractivity contribution in [2.75, 3.05) is 14.2 Å². The number of rotatable bonds is 6. The van der Waals surface area contributed by atoms with E-state index in [4.69, 9.17) is 0 Å². The van der Waals surface area contributed by atoms with Crippen molar-refractivity contribution in [1.29, 1.82) is 0 Å². The van der Waals surface area contributed by atoms with E-state index in [1.165, 1.54) is 26.5 Å². The van der Waals surface area contributed by atoms with Gasteiger partial charge in [0.05, 0.1) is 19.8 Å². The van der Waals surface area contributed by atoms with Crippen LogP contribution in [0, 0.1) is 0 Å². The molecule has 0 bridgehead atoms. The Bertz CT molecular complexity index is 534. The maximum Gasteiger partial charge on any atom is 0.339 e. The average Bonchev–Trinajstić information content (AvgIpc) is 2.54. The standard InChI is InChI=1S/C16H19NO4/c1-12(13-7-5-4-6-8-13)17-11-14(16(19)21-3)9-10-15(18)20-2/h4-12,17H,1-3H3/b10-9+,14-11-. The van der Waals surface area contributed by atoms with Gasteiger partial charge in [0.1, 0.15) is 0 Å². The summed E-state index contributed by atoms with van der Waals surface area (Å²) in [6, 6.07) is 9.79. The van der Waals surface area contributed by atoms with Gasteiger partial charge in [0, 0.05) is 18.3 Å². The number of esters is 2. The van der Waals surface area contributed by atoms with E-state index in [-0.39, 0.29) is 11.6 Å². The number of nitrogens with one attached hydrogen (secondary N) is 1. The van der Waals surface area contributed by atoms with E-state index in [9.17, 15) is 9.59 Å². The summed E-state index contributed by atoms with van der Waals surface area (Å²) in [5, 5.41) is 3.09. The van der Waals surface area contributed by atoms with Gasteiger partial charge in [-0.05, 0) is 18.6 Å². The van der Waals surface area contributed by atoms with Gasteiger partial charge in [-0.3, -0.25) is 0 Å². The molecule has 1 atom stereocenters. The Kier molecular flexibility index (Phi) is 6.74. The van der Waals surface area contributed by atoms with Crippen LogP contribution in [0.5, 0.6) is 0 Å². The van der Waals surface area contributed by atoms with Gasteiger partial charge >= 0.3 is 11.9 Å². The van der Waals surface area contributed by atoms with Crippen LogP contribution in [0.2, 0.25) is 0 Å². The maximum absolute atomic E-state index is 11.6. The van der Waals surface area contributed by atoms with E-state index < -0.39 is 11.9 Å². The fourth-order valence-corrected chi connectivity index (χ4v) is 1.57. The summed E-state index contributed by atoms with van der Waals surface area (Å²) in [5.74, 6) is -1.08. The Morgan fingerprint density at radius 1 is 1.10 bits per heavy atom. The summed E-state index contributed by atoms with van der Waals surface area (Å²) in [7, 11) is 2.55. The van der Waals surface area contributed by atoms with Crippen LogP contribution in [0.4, 0.5) is 0 Å². The molecule has 0 saturated heterocycles. The quantitative estimate of drug-likeness (QED) is 0.494. The minimum atomic E-state index is -0.541. The molecule has 0 heterocycles. The zero-order chi connectivity index (χ0) is 15.7. The summed E-state index contributed by atoms with van der Waals surface area (Å²) >= 11 is 0. The third kappa shape index (κ3) is 5.52. The van der Waals surface area contributed by atoms with Crippen LogP contribution in [0.15, 0.2) is 54.3 Å². The topological polar surface area (TPSA) is 64.6 Å². The highest BCUT2D eigenvalue weighted by Crippen LogP contribution is 2.11. The normalized spacial score (nSPS) is 12.8. The summed E-state index contributed by atoms with van der Waals surface area (Å²) in [6.07, 6.45) is 4.03. The molecule has 5 nitrogen and oxygen atoms in total. The van der Waals surface area contributed by atoms with Crippen molar-refractivity contribution in [3.8, 4) is 0 Å². The van der Waals surface area contributed by atoms with Gasteiger partial charge in [-0.2, -0.15) is 0 Å². The molecule has 0 amide bonds. The molecule has 0 saturated carbocycles. The lowest BCUT2D eigenvalue weighted by atomic mass is 10.1. The molecule has 0 aliphatic carbocycles. The van der Waals surface area contributed by atoms with Gasteiger partial charge in [-0.25, -0.2) is 9.59 Å². The van der Waals surface area contributed by atoms with Crippen LogP contribution in [0.1, 0.15) is 18.5 Å². The van der Waals surface area contributed by atoms with Crippen LogP contribution in [0.25, 0.3) is 0 Å². The monoisotopic (exact) mass is 289 g/mol. The maximum atomic E-state index is 11.6. The van der Waals surface area contributed by atoms with Gasteiger partial charge in [-0.1, -0.05) is 30.3 Å². The van der Waals surface area contributed by atoms with Crippen molar-refractivity contribution in [1.82, 2.24) is 5.32 Å². The Hall–Kier alpha value is -2.56. The second-order valence-corrected chi connectivity index (χ2v) is 4.25. The molecule has 0 aliphatic heterocycles. The van der Waals surface area contributed by atoms with Gasteiger partial charge in [0.15, 0.2) is 0 Å². The lowest BCUT2D eigenvalue weighted by Crippen LogP contribution is -2.15. The van der Waals surface area contributed by atoms with E-state index in [2.05, 4.69) is 14.8 Å². The third-order valence-corrected chi connectivity index (χ3v) is 2.81. The molecule has 0 aromatic heterocycles. The first kappa shape index (κ1) is 16.5. The zero-order valence-electron chi connectivity index (χ0n) is 12.3. The molecule has 1 N–H and O–H groups in total. The number of hydrogen-bond acceptors (Lipinski definition) is 5. The Morgan fingerprint density at radius 2 is 1.76 bits per heavy atom. The van der Waals surface area contributed by atoms with E-state index in [0.717, 1.165) is 11.6 Å². The predicted molar refractivity (Wildman–Crippen MR) is 79.2 cm³/mol. The smallest absolute Gasteiger partial charge is 0.339 e. The first-order chi connectivity index (χ1) is 10.1. The molecule has 1 unspecified atom stereocenters. The lowest BCUT2D eigenvalue weighted by molar-refractivity contribution is -0.135. The van der Waals surface area contributed by atoms with E-state index >= 15 is 0 Å². The zero-order valence-corrected chi connectivity index (χ0v) is 12.3. The van der Waals surface area contributed by atoms with Gasteiger partial charge in [0.2, 0.25) is 0 Å². The molecule has 1 aromatic carbocycles. The Balaban J connectivity index is 2.81. The van der Waals surface area contributed by atoms with E-state index in [1.54, 1.807) is 0 Å². The van der Waals surface area contributed by atoms with Crippen molar-refractivity contribution >= 4 is 11.9 Å². The fourth-order valence-electron chi connectivity index (χ4n) is 1.57. The van der Waals surface area contributed by atoms with Crippen molar-refractivity contribution in [2.45, 2.75) is 13.0 Å². The van der Waals surface area contributed by atoms with Crippen molar-refractivity contribution in [2.24, 2.45) is 0 Å². The summed E-state index contributed by atoms with van der Waals surface area (Å²) in [6.45, 7) is 1.96. The highest BCUT2D eigenvalue weighted by atomic mass is 16.5. The Labute approximate surface area is 124 Å². The molecule has 1 rings (SSSR count). The van der Waals surface area contributed by atoms with E-state index in [1.807, 2.05) is 37.3 Å². The molecule has 112 valence electrons. The summed E-state index contributed by atoms with van der Waals surface area (Å²) in [5.41, 5.74) is 1.31. The minimum absolute atomic E-state index is 0.0115. The van der Waals surface area contributed by atoms with Crippen molar-refractivity contribution in [3.05, 3.63) is 59.8 Å². The number of ether oxygens (including phenoxy) is 2. The number of hydrogen-bond donors (Lipinski definition) is 1. The van der Waals surface area contributed by atoms with Crippen LogP contribution in [0.3, 0.4) is 0 Å². The summed E-state index contributed by atoms with van der Waals surface area (Å²) < 4.78 is 9.15. The minimum Gasteiger partial charge on any atom is -0.466 e. The molecule has 0 spiro atoms. The van der Waals surface area contributed by atoms with Crippen molar-refractivity contribution < 1.29 is 19.1 Å². The van der Waals surface area contributed by atoms with Crippen LogP contribution in [-0.2, 0) is 19.1 Å². The SMILES string of the molecule is COC(=O)/C=C/C(=C/NC(C)c1ccccc1)C(=O)OC. The van der Waals surface area contributed by atoms with Gasteiger partial charge < -0.3 is 14.8 Å². The second-order valence-electron chi connectivity index (χ2n) is 4.25. The van der Waals surface area contributed by atoms with Gasteiger partial charge in [-0.15, -0.1) is 0 Å². The molecule has 0 fully saturated rings. The number of carbonyl (C=O) groups excluding carboxylic acids is 2. The van der Waals surface area contributed by atoms with Crippen LogP contribution < -0.4 is 5.32 Å². The molecule has 0 aliphatic rings. The molecule has 0 radical (unpaired) electrons. The fraction of sp³-hybridized carbons (Fsp3) is 0.250. The largest absolute Gasteiger partial charge is 0.466 e. The number of benzene rings is 1. The molecular weight excluding hydrogens is 270 g/mol. The number of methoxy groups -OCH3 is 2. The highest BCUT2D eigenvalue weighted by Gasteiger charge is 2.08. The molecule has 21 heavy (non-hydrogen) atoms. The third-order valence-electron chi connectivity index (χ3n) is 2.81. The molecule has 5 heteroatoms. The van der Waals surface area contributed by atoms with Crippen LogP contribution >= 0.6 is 0 Å². The average molecular weight is 289 g/mol. The van der Waals surface area contributed by atoms with Crippen LogP contribution in [-0.4, -0.2) is 26.2 Å². The van der Waals surface area contributed by atoms with Gasteiger partial charge in [0.25, 0.3) is 0 Å². The highest BCUT2D eigenvalue weighted by molar-refractivity contribution is 5.93. The number of carbonyl (C=O) groups is 2. The summed E-state index contributed by atoms with van der Waals surface area (Å²) in [4.78, 5) is 22.7. The Morgan fingerprint density at radius 3 is 2.33 bits per heavy atom. The lowest BCUT2D eigenvalue weighted by Gasteiger charge is -2.12.